The van der Waals surface area contributed by atoms with Crippen molar-refractivity contribution in [1.82, 2.24) is 4.98 Å². The van der Waals surface area contributed by atoms with Crippen molar-refractivity contribution >= 4 is 46.0 Å². The molecule has 0 atom stereocenters. The third-order valence-corrected chi connectivity index (χ3v) is 3.58. The van der Waals surface area contributed by atoms with E-state index in [1.54, 1.807) is 0 Å². The third-order valence-electron chi connectivity index (χ3n) is 2.90. The summed E-state index contributed by atoms with van der Waals surface area (Å²) in [5.74, 6) is -3.58. The number of carbonyl (C=O) groups excluding carboxylic acids is 4. The highest BCUT2D eigenvalue weighted by atomic mass is 32.1. The number of hydrogen-bond donors (Lipinski definition) is 2. The number of esters is 2. The smallest absolute Gasteiger partial charge is 0.365 e. The number of hydrogen-bond acceptors (Lipinski definition) is 11. The van der Waals surface area contributed by atoms with E-state index in [1.807, 2.05) is 0 Å². The average molecular weight is 406 g/mol. The number of anilines is 1. The van der Waals surface area contributed by atoms with Crippen molar-refractivity contribution in [3.8, 4) is 11.5 Å². The van der Waals surface area contributed by atoms with Gasteiger partial charge in [0, 0.05) is 19.2 Å². The number of ether oxygens (including phenoxy) is 2. The lowest BCUT2D eigenvalue weighted by molar-refractivity contribution is -0.134. The number of carbonyl (C=O) groups is 4. The van der Waals surface area contributed by atoms with Gasteiger partial charge in [-0.1, -0.05) is 5.16 Å². The molecule has 0 aliphatic carbocycles. The van der Waals surface area contributed by atoms with E-state index in [-0.39, 0.29) is 27.9 Å². The van der Waals surface area contributed by atoms with Gasteiger partial charge in [-0.2, -0.15) is 0 Å². The second-order valence-corrected chi connectivity index (χ2v) is 5.99. The Morgan fingerprint density at radius 1 is 1.07 bits per heavy atom. The number of nitrogens with two attached hydrogens (primary N) is 2. The molecule has 4 N–H and O–H groups in total. The van der Waals surface area contributed by atoms with Crippen LogP contribution in [0.3, 0.4) is 0 Å². The van der Waals surface area contributed by atoms with Gasteiger partial charge in [-0.25, -0.2) is 9.78 Å². The van der Waals surface area contributed by atoms with Crippen molar-refractivity contribution in [3.05, 3.63) is 34.8 Å². The summed E-state index contributed by atoms with van der Waals surface area (Å²) < 4.78 is 9.81. The molecule has 2 rings (SSSR count). The molecule has 146 valence electrons. The molecule has 0 saturated carbocycles. The summed E-state index contributed by atoms with van der Waals surface area (Å²) in [7, 11) is 0. The van der Waals surface area contributed by atoms with Crippen LogP contribution in [0.2, 0.25) is 0 Å². The third kappa shape index (κ3) is 5.35. The highest BCUT2D eigenvalue weighted by Crippen LogP contribution is 2.29. The minimum Gasteiger partial charge on any atom is -0.423 e. The Morgan fingerprint density at radius 2 is 1.71 bits per heavy atom. The zero-order valence-corrected chi connectivity index (χ0v) is 15.4. The molecule has 0 spiro atoms. The molecule has 0 unspecified atom stereocenters. The first-order chi connectivity index (χ1) is 13.2. The zero-order valence-electron chi connectivity index (χ0n) is 14.6. The van der Waals surface area contributed by atoms with Crippen LogP contribution in [0.25, 0.3) is 0 Å². The number of nitrogens with zero attached hydrogens (tertiary/aromatic N) is 2. The average Bonchev–Trinajstić information content (AvgIpc) is 3.01. The van der Waals surface area contributed by atoms with Gasteiger partial charge >= 0.3 is 17.9 Å². The lowest BCUT2D eigenvalue weighted by Gasteiger charge is -2.09. The number of oxime groups is 1. The SMILES string of the molecule is CC(=O)Oc1ccc(C(=O)O/N=C(/C(N)=O)c2csc(N)n2)cc1OC(C)=O. The first-order valence-corrected chi connectivity index (χ1v) is 8.36. The fourth-order valence-corrected chi connectivity index (χ4v) is 2.41. The molecule has 1 amide bonds. The second kappa shape index (κ2) is 8.73. The molecule has 2 aromatic rings. The number of aromatic nitrogens is 1. The van der Waals surface area contributed by atoms with Crippen molar-refractivity contribution < 1.29 is 33.5 Å². The Hall–Kier alpha value is -3.80. The van der Waals surface area contributed by atoms with Gasteiger partial charge in [-0.15, -0.1) is 11.3 Å². The van der Waals surface area contributed by atoms with Crippen LogP contribution in [0.1, 0.15) is 29.9 Å². The predicted octanol–water partition coefficient (Wildman–Crippen LogP) is 0.622. The van der Waals surface area contributed by atoms with Crippen molar-refractivity contribution in [2.24, 2.45) is 10.9 Å². The van der Waals surface area contributed by atoms with Crippen LogP contribution in [-0.2, 0) is 19.2 Å². The minimum absolute atomic E-state index is 0.0496. The highest BCUT2D eigenvalue weighted by molar-refractivity contribution is 7.13. The molecule has 0 bridgehead atoms. The first kappa shape index (κ1) is 20.5. The van der Waals surface area contributed by atoms with Crippen molar-refractivity contribution in [2.45, 2.75) is 13.8 Å². The van der Waals surface area contributed by atoms with Crippen LogP contribution in [0.15, 0.2) is 28.7 Å². The Labute approximate surface area is 161 Å². The van der Waals surface area contributed by atoms with Gasteiger partial charge in [0.05, 0.1) is 5.56 Å². The fourth-order valence-electron chi connectivity index (χ4n) is 1.86. The van der Waals surface area contributed by atoms with Crippen LogP contribution < -0.4 is 20.9 Å². The lowest BCUT2D eigenvalue weighted by atomic mass is 10.2. The maximum Gasteiger partial charge on any atom is 0.365 e. The molecule has 1 aromatic heterocycles. The largest absolute Gasteiger partial charge is 0.423 e. The maximum atomic E-state index is 12.2. The summed E-state index contributed by atoms with van der Waals surface area (Å²) in [6, 6.07) is 3.59. The summed E-state index contributed by atoms with van der Waals surface area (Å²) in [5.41, 5.74) is 10.2. The van der Waals surface area contributed by atoms with E-state index in [0.717, 1.165) is 31.3 Å². The predicted molar refractivity (Wildman–Crippen MR) is 96.7 cm³/mol. The van der Waals surface area contributed by atoms with E-state index in [1.165, 1.54) is 17.5 Å². The lowest BCUT2D eigenvalue weighted by Crippen LogP contribution is -2.25. The molecular weight excluding hydrogens is 392 g/mol. The molecule has 0 aliphatic heterocycles. The summed E-state index contributed by atoms with van der Waals surface area (Å²) >= 11 is 1.04. The first-order valence-electron chi connectivity index (χ1n) is 7.48. The molecule has 0 saturated heterocycles. The van der Waals surface area contributed by atoms with Gasteiger partial charge in [0.2, 0.25) is 0 Å². The topological polar surface area (TPSA) is 173 Å². The zero-order chi connectivity index (χ0) is 20.8. The van der Waals surface area contributed by atoms with Gasteiger partial charge in [0.15, 0.2) is 22.3 Å². The molecule has 28 heavy (non-hydrogen) atoms. The van der Waals surface area contributed by atoms with Gasteiger partial charge < -0.3 is 25.8 Å². The van der Waals surface area contributed by atoms with Crippen LogP contribution in [0.5, 0.6) is 11.5 Å². The number of thiazole rings is 1. The molecule has 0 radical (unpaired) electrons. The van der Waals surface area contributed by atoms with Crippen LogP contribution in [-0.4, -0.2) is 34.5 Å². The van der Waals surface area contributed by atoms with Crippen molar-refractivity contribution in [2.75, 3.05) is 5.73 Å². The molecule has 0 aliphatic rings. The Kier molecular flexibility index (Phi) is 6.39. The fraction of sp³-hybridized carbons (Fsp3) is 0.125. The van der Waals surface area contributed by atoms with Crippen molar-refractivity contribution in [3.63, 3.8) is 0 Å². The number of benzene rings is 1. The molecule has 12 heteroatoms. The maximum absolute atomic E-state index is 12.2. The number of primary amides is 1. The van der Waals surface area contributed by atoms with Crippen LogP contribution in [0, 0.1) is 0 Å². The minimum atomic E-state index is -0.996. The summed E-state index contributed by atoms with van der Waals surface area (Å²) in [6.45, 7) is 2.29. The number of nitrogen functional groups attached to an aromatic ring is 1. The number of rotatable bonds is 6. The Balaban J connectivity index is 2.28. The Morgan fingerprint density at radius 3 is 2.25 bits per heavy atom. The normalized spacial score (nSPS) is 10.9. The summed E-state index contributed by atoms with van der Waals surface area (Å²) in [6.07, 6.45) is 0. The van der Waals surface area contributed by atoms with Crippen LogP contribution >= 0.6 is 11.3 Å². The molecule has 1 aromatic carbocycles. The number of amides is 1. The summed E-state index contributed by atoms with van der Waals surface area (Å²) in [5, 5.41) is 5.02. The monoisotopic (exact) mass is 406 g/mol. The van der Waals surface area contributed by atoms with Gasteiger partial charge in [-0.3, -0.25) is 14.4 Å². The quantitative estimate of drug-likeness (QED) is 0.229. The van der Waals surface area contributed by atoms with Gasteiger partial charge in [0.1, 0.15) is 5.69 Å². The van der Waals surface area contributed by atoms with E-state index in [0.29, 0.717) is 0 Å². The summed E-state index contributed by atoms with van der Waals surface area (Å²) in [4.78, 5) is 54.6. The van der Waals surface area contributed by atoms with Crippen molar-refractivity contribution in [1.29, 1.82) is 0 Å². The van der Waals surface area contributed by atoms with E-state index >= 15 is 0 Å². The van der Waals surface area contributed by atoms with E-state index in [2.05, 4.69) is 10.1 Å². The van der Waals surface area contributed by atoms with E-state index < -0.39 is 29.5 Å². The van der Waals surface area contributed by atoms with Gasteiger partial charge in [-0.05, 0) is 18.2 Å². The Bertz CT molecular complexity index is 983. The molecule has 0 fully saturated rings. The standard InChI is InChI=1S/C16H14N4O7S/c1-7(21)25-11-4-3-9(5-12(11)26-8(2)22)15(24)27-20-13(14(17)23)10-6-28-16(18)19-10/h3-6H,1-2H3,(H2,17,23)(H2,18,19)/b20-13+. The van der Waals surface area contributed by atoms with E-state index in [4.69, 9.17) is 25.8 Å². The highest BCUT2D eigenvalue weighted by Gasteiger charge is 2.19. The van der Waals surface area contributed by atoms with Gasteiger partial charge in [0.25, 0.3) is 5.91 Å². The molecule has 1 heterocycles. The van der Waals surface area contributed by atoms with E-state index in [9.17, 15) is 19.2 Å². The molecular formula is C16H14N4O7S. The second-order valence-electron chi connectivity index (χ2n) is 5.10. The molecule has 11 nitrogen and oxygen atoms in total. The van der Waals surface area contributed by atoms with Crippen LogP contribution in [0.4, 0.5) is 5.13 Å².